The Balaban J connectivity index is 1.57. The van der Waals surface area contributed by atoms with Gasteiger partial charge < -0.3 is 10.1 Å². The number of aryl methyl sites for hydroxylation is 1. The van der Waals surface area contributed by atoms with E-state index in [4.69, 9.17) is 4.74 Å². The Morgan fingerprint density at radius 3 is 2.72 bits per heavy atom. The van der Waals surface area contributed by atoms with Crippen LogP contribution in [-0.2, 0) is 17.9 Å². The van der Waals surface area contributed by atoms with E-state index in [0.717, 1.165) is 11.1 Å². The van der Waals surface area contributed by atoms with Crippen LogP contribution in [-0.4, -0.2) is 20.7 Å². The van der Waals surface area contributed by atoms with E-state index in [9.17, 15) is 9.18 Å². The predicted octanol–water partition coefficient (Wildman–Crippen LogP) is 2.83. The van der Waals surface area contributed by atoms with Crippen molar-refractivity contribution in [3.8, 4) is 11.5 Å². The Labute approximate surface area is 144 Å². The number of amides is 1. The number of nitrogens with one attached hydrogen (secondary N) is 1. The van der Waals surface area contributed by atoms with E-state index in [-0.39, 0.29) is 18.3 Å². The van der Waals surface area contributed by atoms with Crippen LogP contribution < -0.4 is 10.1 Å². The molecule has 1 N–H and O–H groups in total. The third kappa shape index (κ3) is 4.63. The summed E-state index contributed by atoms with van der Waals surface area (Å²) >= 11 is 0. The molecule has 1 aromatic heterocycles. The lowest BCUT2D eigenvalue weighted by molar-refractivity contribution is -0.122. The monoisotopic (exact) mass is 340 g/mol. The van der Waals surface area contributed by atoms with Gasteiger partial charge in [0.1, 0.15) is 36.5 Å². The summed E-state index contributed by atoms with van der Waals surface area (Å²) in [6.45, 7) is 2.45. The first-order valence-electron chi connectivity index (χ1n) is 7.72. The number of carbonyl (C=O) groups excluding carboxylic acids is 1. The van der Waals surface area contributed by atoms with Crippen LogP contribution in [0.2, 0.25) is 0 Å². The molecule has 2 aromatic carbocycles. The van der Waals surface area contributed by atoms with Crippen molar-refractivity contribution in [2.45, 2.75) is 20.0 Å². The Morgan fingerprint density at radius 2 is 2.04 bits per heavy atom. The van der Waals surface area contributed by atoms with E-state index in [1.165, 1.54) is 29.5 Å². The molecule has 0 spiro atoms. The van der Waals surface area contributed by atoms with Gasteiger partial charge in [-0.2, -0.15) is 5.10 Å². The van der Waals surface area contributed by atoms with E-state index >= 15 is 0 Å². The standard InChI is InChI=1S/C18H17FN4O2/c1-13-8-14(9-21-18(24)10-23-12-20-11-22-23)2-7-17(13)25-16-5-3-15(19)4-6-16/h2-8,11-12H,9-10H2,1H3,(H,21,24). The molecule has 0 fully saturated rings. The van der Waals surface area contributed by atoms with Crippen LogP contribution in [0.3, 0.4) is 0 Å². The van der Waals surface area contributed by atoms with Crippen molar-refractivity contribution in [2.75, 3.05) is 0 Å². The van der Waals surface area contributed by atoms with E-state index in [2.05, 4.69) is 15.4 Å². The molecule has 128 valence electrons. The highest BCUT2D eigenvalue weighted by Crippen LogP contribution is 2.25. The van der Waals surface area contributed by atoms with Gasteiger partial charge in [0.2, 0.25) is 5.91 Å². The molecule has 3 aromatic rings. The number of nitrogens with zero attached hydrogens (tertiary/aromatic N) is 3. The van der Waals surface area contributed by atoms with Crippen molar-refractivity contribution >= 4 is 5.91 Å². The highest BCUT2D eigenvalue weighted by atomic mass is 19.1. The first-order chi connectivity index (χ1) is 12.1. The van der Waals surface area contributed by atoms with Crippen LogP contribution in [0, 0.1) is 12.7 Å². The fourth-order valence-electron chi connectivity index (χ4n) is 2.28. The molecule has 0 aliphatic rings. The van der Waals surface area contributed by atoms with E-state index in [1.54, 1.807) is 12.1 Å². The molecule has 0 saturated heterocycles. The number of halogens is 1. The predicted molar refractivity (Wildman–Crippen MR) is 89.5 cm³/mol. The lowest BCUT2D eigenvalue weighted by atomic mass is 10.1. The summed E-state index contributed by atoms with van der Waals surface area (Å²) in [5, 5.41) is 6.72. The van der Waals surface area contributed by atoms with Gasteiger partial charge in [0.25, 0.3) is 0 Å². The van der Waals surface area contributed by atoms with Gasteiger partial charge in [-0.15, -0.1) is 0 Å². The molecular formula is C18H17FN4O2. The van der Waals surface area contributed by atoms with Gasteiger partial charge in [-0.1, -0.05) is 12.1 Å². The number of carbonyl (C=O) groups is 1. The highest BCUT2D eigenvalue weighted by Gasteiger charge is 2.06. The van der Waals surface area contributed by atoms with Gasteiger partial charge in [0, 0.05) is 6.54 Å². The molecule has 0 radical (unpaired) electrons. The smallest absolute Gasteiger partial charge is 0.242 e. The van der Waals surface area contributed by atoms with Crippen molar-refractivity contribution in [3.63, 3.8) is 0 Å². The molecule has 7 heteroatoms. The van der Waals surface area contributed by atoms with Gasteiger partial charge in [-0.25, -0.2) is 14.1 Å². The summed E-state index contributed by atoms with van der Waals surface area (Å²) in [4.78, 5) is 15.6. The Hall–Kier alpha value is -3.22. The Morgan fingerprint density at radius 1 is 1.24 bits per heavy atom. The fraction of sp³-hybridized carbons (Fsp3) is 0.167. The van der Waals surface area contributed by atoms with Gasteiger partial charge in [-0.3, -0.25) is 4.79 Å². The summed E-state index contributed by atoms with van der Waals surface area (Å²) in [7, 11) is 0. The van der Waals surface area contributed by atoms with Crippen LogP contribution in [0.15, 0.2) is 55.1 Å². The molecule has 25 heavy (non-hydrogen) atoms. The van der Waals surface area contributed by atoms with Gasteiger partial charge in [-0.05, 0) is 48.4 Å². The molecule has 3 rings (SSSR count). The maximum Gasteiger partial charge on any atom is 0.242 e. The number of benzene rings is 2. The molecule has 0 saturated carbocycles. The summed E-state index contributed by atoms with van der Waals surface area (Å²) in [5.74, 6) is 0.804. The Bertz CT molecular complexity index is 848. The number of rotatable bonds is 6. The molecule has 1 amide bonds. The molecule has 6 nitrogen and oxygen atoms in total. The summed E-state index contributed by atoms with van der Waals surface area (Å²) in [5.41, 5.74) is 1.88. The Kier molecular flexibility index (Phi) is 5.03. The normalized spacial score (nSPS) is 10.5. The van der Waals surface area contributed by atoms with Crippen molar-refractivity contribution in [2.24, 2.45) is 0 Å². The van der Waals surface area contributed by atoms with Crippen LogP contribution in [0.25, 0.3) is 0 Å². The second-order valence-corrected chi connectivity index (χ2v) is 5.53. The van der Waals surface area contributed by atoms with E-state index in [1.807, 2.05) is 25.1 Å². The second-order valence-electron chi connectivity index (χ2n) is 5.53. The topological polar surface area (TPSA) is 69.0 Å². The maximum atomic E-state index is 12.9. The lowest BCUT2D eigenvalue weighted by Crippen LogP contribution is -2.27. The average molecular weight is 340 g/mol. The zero-order valence-electron chi connectivity index (χ0n) is 13.6. The molecule has 0 unspecified atom stereocenters. The van der Waals surface area contributed by atoms with Crippen molar-refractivity contribution < 1.29 is 13.9 Å². The minimum absolute atomic E-state index is 0.130. The van der Waals surface area contributed by atoms with Crippen LogP contribution in [0.4, 0.5) is 4.39 Å². The van der Waals surface area contributed by atoms with Gasteiger partial charge in [0.05, 0.1) is 0 Å². The van der Waals surface area contributed by atoms with Crippen LogP contribution in [0.1, 0.15) is 11.1 Å². The SMILES string of the molecule is Cc1cc(CNC(=O)Cn2cncn2)ccc1Oc1ccc(F)cc1. The average Bonchev–Trinajstić information content (AvgIpc) is 3.10. The van der Waals surface area contributed by atoms with Crippen molar-refractivity contribution in [3.05, 3.63) is 72.1 Å². The zero-order valence-corrected chi connectivity index (χ0v) is 13.6. The number of hydrogen-bond acceptors (Lipinski definition) is 4. The zero-order chi connectivity index (χ0) is 17.6. The van der Waals surface area contributed by atoms with Gasteiger partial charge in [0.15, 0.2) is 0 Å². The molecule has 0 bridgehead atoms. The van der Waals surface area contributed by atoms with Crippen LogP contribution >= 0.6 is 0 Å². The number of aromatic nitrogens is 3. The fourth-order valence-corrected chi connectivity index (χ4v) is 2.28. The minimum atomic E-state index is -0.305. The maximum absolute atomic E-state index is 12.9. The summed E-state index contributed by atoms with van der Waals surface area (Å²) < 4.78 is 20.1. The third-order valence-corrected chi connectivity index (χ3v) is 3.54. The van der Waals surface area contributed by atoms with E-state index < -0.39 is 0 Å². The van der Waals surface area contributed by atoms with Crippen LogP contribution in [0.5, 0.6) is 11.5 Å². The molecular weight excluding hydrogens is 323 g/mol. The number of hydrogen-bond donors (Lipinski definition) is 1. The highest BCUT2D eigenvalue weighted by molar-refractivity contribution is 5.75. The molecule has 0 aliphatic heterocycles. The van der Waals surface area contributed by atoms with E-state index in [0.29, 0.717) is 18.0 Å². The van der Waals surface area contributed by atoms with Gasteiger partial charge >= 0.3 is 0 Å². The first kappa shape index (κ1) is 16.6. The molecule has 0 atom stereocenters. The molecule has 0 aliphatic carbocycles. The molecule has 1 heterocycles. The third-order valence-electron chi connectivity index (χ3n) is 3.54. The minimum Gasteiger partial charge on any atom is -0.457 e. The second kappa shape index (κ2) is 7.57. The lowest BCUT2D eigenvalue weighted by Gasteiger charge is -2.11. The number of ether oxygens (including phenoxy) is 1. The van der Waals surface area contributed by atoms with Crippen molar-refractivity contribution in [1.82, 2.24) is 20.1 Å². The first-order valence-corrected chi connectivity index (χ1v) is 7.72. The largest absolute Gasteiger partial charge is 0.457 e. The summed E-state index contributed by atoms with van der Waals surface area (Å²) in [6.07, 6.45) is 2.88. The van der Waals surface area contributed by atoms with Crippen molar-refractivity contribution in [1.29, 1.82) is 0 Å². The quantitative estimate of drug-likeness (QED) is 0.749. The summed E-state index contributed by atoms with van der Waals surface area (Å²) in [6, 6.07) is 11.5.